The Bertz CT molecular complexity index is 1000. The highest BCUT2D eigenvalue weighted by Gasteiger charge is 2.21. The second kappa shape index (κ2) is 8.57. The number of para-hydroxylation sites is 1. The van der Waals surface area contributed by atoms with Crippen LogP contribution >= 0.6 is 0 Å². The Morgan fingerprint density at radius 2 is 1.82 bits per heavy atom. The molecule has 0 fully saturated rings. The molecule has 1 atom stereocenters. The lowest BCUT2D eigenvalue weighted by atomic mass is 10.0. The van der Waals surface area contributed by atoms with E-state index in [-0.39, 0.29) is 6.42 Å². The van der Waals surface area contributed by atoms with Crippen LogP contribution < -0.4 is 5.32 Å². The fraction of sp³-hybridized carbons (Fsp3) is 0.217. The molecular weight excluding hydrogens is 352 g/mol. The van der Waals surface area contributed by atoms with Gasteiger partial charge in [-0.05, 0) is 34.8 Å². The number of carboxylic acid groups (broad SMARTS) is 1. The Hall–Kier alpha value is -3.34. The summed E-state index contributed by atoms with van der Waals surface area (Å²) in [5, 5.41) is 13.1. The van der Waals surface area contributed by atoms with Crippen molar-refractivity contribution in [1.29, 1.82) is 0 Å². The molecule has 3 rings (SSSR count). The number of hydrogen-bond acceptors (Lipinski definition) is 2. The second-order valence-corrected chi connectivity index (χ2v) is 7.12. The van der Waals surface area contributed by atoms with Crippen LogP contribution in [0.15, 0.2) is 60.8 Å². The highest BCUT2D eigenvalue weighted by atomic mass is 16.4. The number of aromatic nitrogens is 1. The van der Waals surface area contributed by atoms with Gasteiger partial charge in [-0.15, -0.1) is 0 Å². The summed E-state index contributed by atoms with van der Waals surface area (Å²) in [6.07, 6.45) is 5.06. The minimum Gasteiger partial charge on any atom is -0.480 e. The second-order valence-electron chi connectivity index (χ2n) is 7.12. The van der Waals surface area contributed by atoms with E-state index in [0.717, 1.165) is 22.0 Å². The summed E-state index contributed by atoms with van der Waals surface area (Å²) < 4.78 is 0. The molecule has 28 heavy (non-hydrogen) atoms. The fourth-order valence-corrected chi connectivity index (χ4v) is 3.10. The van der Waals surface area contributed by atoms with E-state index in [1.54, 1.807) is 12.3 Å². The topological polar surface area (TPSA) is 82.2 Å². The maximum absolute atomic E-state index is 12.2. The number of carbonyl (C=O) groups excluding carboxylic acids is 1. The molecule has 0 radical (unpaired) electrons. The maximum Gasteiger partial charge on any atom is 0.326 e. The van der Waals surface area contributed by atoms with Crippen molar-refractivity contribution >= 4 is 28.9 Å². The Kier molecular flexibility index (Phi) is 5.94. The number of nitrogens with one attached hydrogen (secondary N) is 2. The van der Waals surface area contributed by atoms with Crippen LogP contribution in [0, 0.1) is 0 Å². The number of H-pyrrole nitrogens is 1. The van der Waals surface area contributed by atoms with Crippen LogP contribution in [0.1, 0.15) is 36.5 Å². The monoisotopic (exact) mass is 376 g/mol. The van der Waals surface area contributed by atoms with Crippen LogP contribution in [-0.4, -0.2) is 28.0 Å². The molecule has 0 aliphatic carbocycles. The third-order valence-corrected chi connectivity index (χ3v) is 4.74. The molecule has 0 saturated carbocycles. The van der Waals surface area contributed by atoms with Crippen molar-refractivity contribution in [2.75, 3.05) is 0 Å². The standard InChI is InChI=1S/C23H24N2O3/c1-15(2)17-10-7-16(8-11-17)9-12-22(26)25-21(23(27)28)13-18-14-24-20-6-4-3-5-19(18)20/h3-12,14-15,21,24H,13H2,1-2H3,(H,25,26)(H,27,28)/t21-/m0/s1. The maximum atomic E-state index is 12.2. The third-order valence-electron chi connectivity index (χ3n) is 4.74. The van der Waals surface area contributed by atoms with Crippen LogP contribution in [0.5, 0.6) is 0 Å². The average molecular weight is 376 g/mol. The lowest BCUT2D eigenvalue weighted by Crippen LogP contribution is -2.41. The van der Waals surface area contributed by atoms with Crippen molar-refractivity contribution in [3.05, 3.63) is 77.5 Å². The summed E-state index contributed by atoms with van der Waals surface area (Å²) in [7, 11) is 0. The summed E-state index contributed by atoms with van der Waals surface area (Å²) in [6, 6.07) is 14.6. The van der Waals surface area contributed by atoms with Crippen molar-refractivity contribution in [3.63, 3.8) is 0 Å². The molecule has 5 nitrogen and oxygen atoms in total. The van der Waals surface area contributed by atoms with Crippen LogP contribution in [0.3, 0.4) is 0 Å². The van der Waals surface area contributed by atoms with Gasteiger partial charge in [-0.25, -0.2) is 4.79 Å². The van der Waals surface area contributed by atoms with Gasteiger partial charge in [-0.3, -0.25) is 4.79 Å². The first-order chi connectivity index (χ1) is 13.4. The predicted molar refractivity (Wildman–Crippen MR) is 111 cm³/mol. The smallest absolute Gasteiger partial charge is 0.326 e. The molecule has 1 heterocycles. The Labute approximate surface area is 164 Å². The molecule has 3 N–H and O–H groups in total. The molecule has 0 saturated heterocycles. The minimum absolute atomic E-state index is 0.210. The molecule has 0 unspecified atom stereocenters. The number of fused-ring (bicyclic) bond motifs is 1. The van der Waals surface area contributed by atoms with E-state index in [0.29, 0.717) is 5.92 Å². The first-order valence-electron chi connectivity index (χ1n) is 9.30. The first kappa shape index (κ1) is 19.4. The molecular formula is C23H24N2O3. The lowest BCUT2D eigenvalue weighted by Gasteiger charge is -2.13. The van der Waals surface area contributed by atoms with Gasteiger partial charge in [0.1, 0.15) is 6.04 Å². The molecule has 5 heteroatoms. The highest BCUT2D eigenvalue weighted by molar-refractivity contribution is 5.94. The molecule has 0 aliphatic heterocycles. The summed E-state index contributed by atoms with van der Waals surface area (Å²) >= 11 is 0. The summed E-state index contributed by atoms with van der Waals surface area (Å²) in [6.45, 7) is 4.25. The van der Waals surface area contributed by atoms with Gasteiger partial charge in [0.15, 0.2) is 0 Å². The highest BCUT2D eigenvalue weighted by Crippen LogP contribution is 2.19. The third kappa shape index (κ3) is 4.68. The molecule has 2 aromatic carbocycles. The van der Waals surface area contributed by atoms with Gasteiger partial charge in [0, 0.05) is 29.6 Å². The van der Waals surface area contributed by atoms with E-state index in [1.807, 2.05) is 48.5 Å². The average Bonchev–Trinajstić information content (AvgIpc) is 3.09. The van der Waals surface area contributed by atoms with Crippen LogP contribution in [0.4, 0.5) is 0 Å². The lowest BCUT2D eigenvalue weighted by molar-refractivity contribution is -0.141. The number of aromatic amines is 1. The van der Waals surface area contributed by atoms with Crippen molar-refractivity contribution < 1.29 is 14.7 Å². The Balaban J connectivity index is 1.66. The van der Waals surface area contributed by atoms with E-state index in [2.05, 4.69) is 24.1 Å². The number of amides is 1. The van der Waals surface area contributed by atoms with Crippen molar-refractivity contribution in [3.8, 4) is 0 Å². The van der Waals surface area contributed by atoms with Crippen molar-refractivity contribution in [2.45, 2.75) is 32.2 Å². The number of rotatable bonds is 7. The minimum atomic E-state index is -1.06. The van der Waals surface area contributed by atoms with E-state index in [4.69, 9.17) is 0 Å². The SMILES string of the molecule is CC(C)c1ccc(C=CC(=O)N[C@@H](Cc2c[nH]c3ccccc23)C(=O)O)cc1. The zero-order valence-electron chi connectivity index (χ0n) is 16.0. The Morgan fingerprint density at radius 1 is 1.11 bits per heavy atom. The van der Waals surface area contributed by atoms with Gasteiger partial charge in [-0.2, -0.15) is 0 Å². The molecule has 0 spiro atoms. The number of hydrogen-bond donors (Lipinski definition) is 3. The number of aliphatic carboxylic acids is 1. The first-order valence-corrected chi connectivity index (χ1v) is 9.30. The molecule has 3 aromatic rings. The van der Waals surface area contributed by atoms with Gasteiger partial charge in [0.25, 0.3) is 0 Å². The van der Waals surface area contributed by atoms with Crippen molar-refractivity contribution in [2.24, 2.45) is 0 Å². The number of benzene rings is 2. The van der Waals surface area contributed by atoms with E-state index >= 15 is 0 Å². The number of carbonyl (C=O) groups is 2. The quantitative estimate of drug-likeness (QED) is 0.543. The normalized spacial score (nSPS) is 12.5. The predicted octanol–water partition coefficient (Wildman–Crippen LogP) is 4.12. The van der Waals surface area contributed by atoms with E-state index in [9.17, 15) is 14.7 Å². The van der Waals surface area contributed by atoms with Gasteiger partial charge in [0.05, 0.1) is 0 Å². The van der Waals surface area contributed by atoms with E-state index in [1.165, 1.54) is 11.6 Å². The van der Waals surface area contributed by atoms with Crippen LogP contribution in [0.2, 0.25) is 0 Å². The largest absolute Gasteiger partial charge is 0.480 e. The molecule has 1 aromatic heterocycles. The summed E-state index contributed by atoms with van der Waals surface area (Å²) in [5.74, 6) is -1.05. The summed E-state index contributed by atoms with van der Waals surface area (Å²) in [4.78, 5) is 27.0. The molecule has 1 amide bonds. The van der Waals surface area contributed by atoms with Gasteiger partial charge >= 0.3 is 5.97 Å². The van der Waals surface area contributed by atoms with Gasteiger partial charge < -0.3 is 15.4 Å². The molecule has 0 bridgehead atoms. The Morgan fingerprint density at radius 3 is 2.50 bits per heavy atom. The molecule has 144 valence electrons. The summed E-state index contributed by atoms with van der Waals surface area (Å²) in [5.41, 5.74) is 3.92. The van der Waals surface area contributed by atoms with Gasteiger partial charge in [-0.1, -0.05) is 56.3 Å². The van der Waals surface area contributed by atoms with Crippen LogP contribution in [-0.2, 0) is 16.0 Å². The van der Waals surface area contributed by atoms with E-state index < -0.39 is 17.9 Å². The zero-order chi connectivity index (χ0) is 20.1. The van der Waals surface area contributed by atoms with Crippen LogP contribution in [0.25, 0.3) is 17.0 Å². The number of carboxylic acids is 1. The fourth-order valence-electron chi connectivity index (χ4n) is 3.10. The van der Waals surface area contributed by atoms with Gasteiger partial charge in [0.2, 0.25) is 5.91 Å². The molecule has 0 aliphatic rings. The van der Waals surface area contributed by atoms with Crippen molar-refractivity contribution in [1.82, 2.24) is 10.3 Å². The zero-order valence-corrected chi connectivity index (χ0v) is 16.0.